The fraction of sp³-hybridized carbons (Fsp3) is 0.111. The summed E-state index contributed by atoms with van der Waals surface area (Å²) in [6.07, 6.45) is 2.56. The van der Waals surface area contributed by atoms with Gasteiger partial charge in [-0.1, -0.05) is 29.0 Å². The Morgan fingerprint density at radius 2 is 2.24 bits per heavy atom. The Bertz CT molecular complexity index is 935. The number of ether oxygens (including phenoxy) is 1. The predicted molar refractivity (Wildman–Crippen MR) is 99.9 cm³/mol. The standard InChI is InChI=1S/C18H14ClFN2O2S/c1-2-24-11-6-8-15-16(10-11)25-18(21-15)22-17(23)9-7-12-13(19)4-3-5-14(12)20/h3-10H,2H2,1H3,(H,21,22,23). The molecule has 128 valence electrons. The van der Waals surface area contributed by atoms with Crippen molar-refractivity contribution < 1.29 is 13.9 Å². The third-order valence-corrected chi connectivity index (χ3v) is 4.57. The van der Waals surface area contributed by atoms with Crippen molar-refractivity contribution in [2.24, 2.45) is 0 Å². The zero-order chi connectivity index (χ0) is 17.8. The Labute approximate surface area is 152 Å². The van der Waals surface area contributed by atoms with Gasteiger partial charge in [0, 0.05) is 11.6 Å². The molecule has 1 N–H and O–H groups in total. The van der Waals surface area contributed by atoms with Gasteiger partial charge in [-0.25, -0.2) is 9.37 Å². The molecule has 1 aromatic heterocycles. The fourth-order valence-electron chi connectivity index (χ4n) is 2.19. The molecule has 25 heavy (non-hydrogen) atoms. The van der Waals surface area contributed by atoms with Gasteiger partial charge in [0.1, 0.15) is 11.6 Å². The minimum absolute atomic E-state index is 0.171. The zero-order valence-corrected chi connectivity index (χ0v) is 14.8. The Hall–Kier alpha value is -2.44. The molecule has 0 atom stereocenters. The van der Waals surface area contributed by atoms with E-state index in [9.17, 15) is 9.18 Å². The number of carbonyl (C=O) groups is 1. The van der Waals surface area contributed by atoms with E-state index < -0.39 is 11.7 Å². The van der Waals surface area contributed by atoms with E-state index in [4.69, 9.17) is 16.3 Å². The van der Waals surface area contributed by atoms with Gasteiger partial charge in [0.2, 0.25) is 5.91 Å². The Morgan fingerprint density at radius 3 is 3.00 bits per heavy atom. The molecule has 0 unspecified atom stereocenters. The highest BCUT2D eigenvalue weighted by atomic mass is 35.5. The second-order valence-corrected chi connectivity index (χ2v) is 6.48. The molecular formula is C18H14ClFN2O2S. The average molecular weight is 377 g/mol. The van der Waals surface area contributed by atoms with Crippen LogP contribution in [-0.4, -0.2) is 17.5 Å². The molecule has 1 heterocycles. The smallest absolute Gasteiger partial charge is 0.250 e. The van der Waals surface area contributed by atoms with Crippen molar-refractivity contribution in [1.29, 1.82) is 0 Å². The first kappa shape index (κ1) is 17.4. The first-order chi connectivity index (χ1) is 12.1. The van der Waals surface area contributed by atoms with Crippen molar-refractivity contribution in [1.82, 2.24) is 4.98 Å². The minimum Gasteiger partial charge on any atom is -0.494 e. The highest BCUT2D eigenvalue weighted by Gasteiger charge is 2.08. The number of nitrogens with zero attached hydrogens (tertiary/aromatic N) is 1. The number of anilines is 1. The van der Waals surface area contributed by atoms with Gasteiger partial charge in [0.05, 0.1) is 21.8 Å². The summed E-state index contributed by atoms with van der Waals surface area (Å²) in [5, 5.41) is 3.37. The van der Waals surface area contributed by atoms with E-state index in [0.717, 1.165) is 16.0 Å². The van der Waals surface area contributed by atoms with Gasteiger partial charge in [-0.3, -0.25) is 10.1 Å². The van der Waals surface area contributed by atoms with E-state index in [1.807, 2.05) is 25.1 Å². The molecule has 0 fully saturated rings. The third-order valence-electron chi connectivity index (χ3n) is 3.30. The monoisotopic (exact) mass is 376 g/mol. The number of hydrogen-bond acceptors (Lipinski definition) is 4. The first-order valence-corrected chi connectivity index (χ1v) is 8.72. The summed E-state index contributed by atoms with van der Waals surface area (Å²) >= 11 is 7.26. The molecule has 0 aliphatic heterocycles. The molecule has 2 aromatic carbocycles. The molecule has 0 radical (unpaired) electrons. The van der Waals surface area contributed by atoms with Gasteiger partial charge in [-0.05, 0) is 43.3 Å². The van der Waals surface area contributed by atoms with Crippen LogP contribution in [0.15, 0.2) is 42.5 Å². The predicted octanol–water partition coefficient (Wildman–Crippen LogP) is 5.14. The van der Waals surface area contributed by atoms with Crippen molar-refractivity contribution >= 4 is 50.3 Å². The Kier molecular flexibility index (Phi) is 5.31. The number of amides is 1. The lowest BCUT2D eigenvalue weighted by Crippen LogP contribution is -2.07. The molecule has 0 aliphatic carbocycles. The maximum Gasteiger partial charge on any atom is 0.250 e. The zero-order valence-electron chi connectivity index (χ0n) is 13.3. The van der Waals surface area contributed by atoms with Gasteiger partial charge >= 0.3 is 0 Å². The summed E-state index contributed by atoms with van der Waals surface area (Å²) in [5.74, 6) is -0.144. The lowest BCUT2D eigenvalue weighted by atomic mass is 10.2. The van der Waals surface area contributed by atoms with Crippen molar-refractivity contribution in [3.8, 4) is 5.75 Å². The second kappa shape index (κ2) is 7.63. The van der Waals surface area contributed by atoms with E-state index in [0.29, 0.717) is 11.7 Å². The summed E-state index contributed by atoms with van der Waals surface area (Å²) in [4.78, 5) is 16.4. The second-order valence-electron chi connectivity index (χ2n) is 5.04. The molecule has 3 aromatic rings. The Balaban J connectivity index is 1.74. The van der Waals surface area contributed by atoms with Crippen LogP contribution in [0.4, 0.5) is 9.52 Å². The summed E-state index contributed by atoms with van der Waals surface area (Å²) in [6.45, 7) is 2.49. The molecule has 7 heteroatoms. The van der Waals surface area contributed by atoms with Crippen molar-refractivity contribution in [2.45, 2.75) is 6.92 Å². The topological polar surface area (TPSA) is 51.2 Å². The third kappa shape index (κ3) is 4.15. The maximum absolute atomic E-state index is 13.7. The molecular weight excluding hydrogens is 363 g/mol. The van der Waals surface area contributed by atoms with Crippen LogP contribution in [-0.2, 0) is 4.79 Å². The van der Waals surface area contributed by atoms with Gasteiger partial charge in [-0.2, -0.15) is 0 Å². The highest BCUT2D eigenvalue weighted by Crippen LogP contribution is 2.29. The fourth-order valence-corrected chi connectivity index (χ4v) is 3.31. The summed E-state index contributed by atoms with van der Waals surface area (Å²) in [7, 11) is 0. The van der Waals surface area contributed by atoms with Gasteiger partial charge in [-0.15, -0.1) is 0 Å². The van der Waals surface area contributed by atoms with E-state index >= 15 is 0 Å². The highest BCUT2D eigenvalue weighted by molar-refractivity contribution is 7.22. The van der Waals surface area contributed by atoms with E-state index in [2.05, 4.69) is 10.3 Å². The number of rotatable bonds is 5. The summed E-state index contributed by atoms with van der Waals surface area (Å²) < 4.78 is 20.0. The number of hydrogen-bond donors (Lipinski definition) is 1. The summed E-state index contributed by atoms with van der Waals surface area (Å²) in [5.41, 5.74) is 0.940. The van der Waals surface area contributed by atoms with E-state index in [-0.39, 0.29) is 10.6 Å². The number of halogens is 2. The van der Waals surface area contributed by atoms with Gasteiger partial charge < -0.3 is 4.74 Å². The number of thiazole rings is 1. The number of benzene rings is 2. The van der Waals surface area contributed by atoms with E-state index in [1.54, 1.807) is 6.07 Å². The lowest BCUT2D eigenvalue weighted by Gasteiger charge is -2.00. The number of fused-ring (bicyclic) bond motifs is 1. The van der Waals surface area contributed by atoms with Crippen LogP contribution in [0.2, 0.25) is 5.02 Å². The quantitative estimate of drug-likeness (QED) is 0.627. The van der Waals surface area contributed by atoms with E-state index in [1.165, 1.54) is 35.6 Å². The molecule has 3 rings (SSSR count). The number of carbonyl (C=O) groups excluding carboxylic acids is 1. The molecule has 1 amide bonds. The molecule has 4 nitrogen and oxygen atoms in total. The molecule has 0 saturated heterocycles. The number of nitrogens with one attached hydrogen (secondary N) is 1. The average Bonchev–Trinajstić information content (AvgIpc) is 2.96. The molecule has 0 spiro atoms. The van der Waals surface area contributed by atoms with Crippen LogP contribution in [0, 0.1) is 5.82 Å². The normalized spacial score (nSPS) is 11.2. The SMILES string of the molecule is CCOc1ccc2nc(NC(=O)C=Cc3c(F)cccc3Cl)sc2c1. The van der Waals surface area contributed by atoms with Crippen LogP contribution < -0.4 is 10.1 Å². The molecule has 0 bridgehead atoms. The van der Waals surface area contributed by atoms with Crippen LogP contribution in [0.5, 0.6) is 5.75 Å². The largest absolute Gasteiger partial charge is 0.494 e. The summed E-state index contributed by atoms with van der Waals surface area (Å²) in [6, 6.07) is 9.89. The molecule has 0 aliphatic rings. The van der Waals surface area contributed by atoms with Crippen molar-refractivity contribution in [3.05, 3.63) is 58.9 Å². The van der Waals surface area contributed by atoms with Gasteiger partial charge in [0.15, 0.2) is 5.13 Å². The first-order valence-electron chi connectivity index (χ1n) is 7.53. The molecule has 0 saturated carbocycles. The van der Waals surface area contributed by atoms with Crippen LogP contribution in [0.25, 0.3) is 16.3 Å². The van der Waals surface area contributed by atoms with Crippen molar-refractivity contribution in [3.63, 3.8) is 0 Å². The van der Waals surface area contributed by atoms with Crippen LogP contribution in [0.1, 0.15) is 12.5 Å². The maximum atomic E-state index is 13.7. The van der Waals surface area contributed by atoms with Crippen LogP contribution >= 0.6 is 22.9 Å². The minimum atomic E-state index is -0.486. The Morgan fingerprint density at radius 1 is 1.40 bits per heavy atom. The lowest BCUT2D eigenvalue weighted by molar-refractivity contribution is -0.111. The number of aromatic nitrogens is 1. The van der Waals surface area contributed by atoms with Crippen LogP contribution in [0.3, 0.4) is 0 Å². The van der Waals surface area contributed by atoms with Crippen molar-refractivity contribution in [2.75, 3.05) is 11.9 Å². The van der Waals surface area contributed by atoms with Gasteiger partial charge in [0.25, 0.3) is 0 Å².